The van der Waals surface area contributed by atoms with E-state index in [2.05, 4.69) is 22.0 Å². The minimum absolute atomic E-state index is 0.502. The van der Waals surface area contributed by atoms with E-state index >= 15 is 0 Å². The molecule has 2 atom stereocenters. The third-order valence-corrected chi connectivity index (χ3v) is 5.33. The molecule has 3 heterocycles. The van der Waals surface area contributed by atoms with E-state index in [4.69, 9.17) is 4.74 Å². The van der Waals surface area contributed by atoms with E-state index in [9.17, 15) is 0 Å². The number of hydrogen-bond donors (Lipinski definition) is 1. The van der Waals surface area contributed by atoms with Crippen molar-refractivity contribution in [2.45, 2.75) is 57.2 Å². The van der Waals surface area contributed by atoms with E-state index in [1.165, 1.54) is 51.7 Å². The van der Waals surface area contributed by atoms with E-state index < -0.39 is 0 Å². The van der Waals surface area contributed by atoms with Gasteiger partial charge in [0.05, 0.1) is 12.7 Å². The van der Waals surface area contributed by atoms with Gasteiger partial charge in [-0.25, -0.2) is 0 Å². The zero-order chi connectivity index (χ0) is 13.8. The average Bonchev–Trinajstić information content (AvgIpc) is 2.49. The van der Waals surface area contributed by atoms with E-state index in [-0.39, 0.29) is 0 Å². The van der Waals surface area contributed by atoms with Gasteiger partial charge in [0, 0.05) is 31.7 Å². The van der Waals surface area contributed by atoms with Crippen LogP contribution in [0.4, 0.5) is 0 Å². The first-order valence-electron chi connectivity index (χ1n) is 8.63. The van der Waals surface area contributed by atoms with E-state index in [1.807, 2.05) is 0 Å². The van der Waals surface area contributed by atoms with Crippen LogP contribution < -0.4 is 5.32 Å². The van der Waals surface area contributed by atoms with Gasteiger partial charge >= 0.3 is 0 Å². The molecule has 0 amide bonds. The molecule has 20 heavy (non-hydrogen) atoms. The van der Waals surface area contributed by atoms with Crippen molar-refractivity contribution < 1.29 is 4.74 Å². The fourth-order valence-electron chi connectivity index (χ4n) is 4.02. The topological polar surface area (TPSA) is 27.7 Å². The fraction of sp³-hybridized carbons (Fsp3) is 1.00. The molecule has 3 saturated heterocycles. The summed E-state index contributed by atoms with van der Waals surface area (Å²) in [5, 5.41) is 3.40. The summed E-state index contributed by atoms with van der Waals surface area (Å²) >= 11 is 0. The molecule has 3 aliphatic rings. The Morgan fingerprint density at radius 2 is 1.95 bits per heavy atom. The standard InChI is InChI=1S/C16H31N3O/c1-14-12-19-9-3-2-4-15(19)13-18(14)10-11-20-16-5-7-17-8-6-16/h14-17H,2-13H2,1H3. The van der Waals surface area contributed by atoms with Crippen molar-refractivity contribution in [3.05, 3.63) is 0 Å². The molecule has 2 unspecified atom stereocenters. The molecule has 4 heteroatoms. The van der Waals surface area contributed by atoms with E-state index in [0.29, 0.717) is 12.1 Å². The van der Waals surface area contributed by atoms with Gasteiger partial charge in [-0.3, -0.25) is 9.80 Å². The van der Waals surface area contributed by atoms with Gasteiger partial charge in [0.25, 0.3) is 0 Å². The van der Waals surface area contributed by atoms with Crippen LogP contribution in [0.25, 0.3) is 0 Å². The van der Waals surface area contributed by atoms with Gasteiger partial charge in [-0.2, -0.15) is 0 Å². The lowest BCUT2D eigenvalue weighted by Gasteiger charge is -2.47. The summed E-state index contributed by atoms with van der Waals surface area (Å²) in [5.41, 5.74) is 0. The monoisotopic (exact) mass is 281 g/mol. The molecule has 0 spiro atoms. The number of nitrogens with one attached hydrogen (secondary N) is 1. The maximum Gasteiger partial charge on any atom is 0.0600 e. The highest BCUT2D eigenvalue weighted by molar-refractivity contribution is 4.89. The molecule has 3 fully saturated rings. The lowest BCUT2D eigenvalue weighted by Crippen LogP contribution is -2.59. The Morgan fingerprint density at radius 1 is 1.10 bits per heavy atom. The van der Waals surface area contributed by atoms with Gasteiger partial charge in [-0.1, -0.05) is 6.42 Å². The first-order valence-corrected chi connectivity index (χ1v) is 8.63. The van der Waals surface area contributed by atoms with E-state index in [1.54, 1.807) is 0 Å². The molecule has 0 aromatic carbocycles. The number of fused-ring (bicyclic) bond motifs is 1. The van der Waals surface area contributed by atoms with Crippen LogP contribution in [-0.2, 0) is 4.74 Å². The van der Waals surface area contributed by atoms with Crippen molar-refractivity contribution in [1.29, 1.82) is 0 Å². The molecule has 1 N–H and O–H groups in total. The summed E-state index contributed by atoms with van der Waals surface area (Å²) in [7, 11) is 0. The summed E-state index contributed by atoms with van der Waals surface area (Å²) in [4.78, 5) is 5.38. The molecule has 4 nitrogen and oxygen atoms in total. The molecule has 0 aliphatic carbocycles. The Bertz CT molecular complexity index is 293. The van der Waals surface area contributed by atoms with Gasteiger partial charge in [0.2, 0.25) is 0 Å². The average molecular weight is 281 g/mol. The number of rotatable bonds is 4. The SMILES string of the molecule is CC1CN2CCCCC2CN1CCOC1CCNCC1. The zero-order valence-electron chi connectivity index (χ0n) is 13.0. The second kappa shape index (κ2) is 7.21. The minimum atomic E-state index is 0.502. The first-order chi connectivity index (χ1) is 9.83. The van der Waals surface area contributed by atoms with Gasteiger partial charge in [0.15, 0.2) is 0 Å². The summed E-state index contributed by atoms with van der Waals surface area (Å²) in [5.74, 6) is 0. The van der Waals surface area contributed by atoms with Crippen LogP contribution in [0.15, 0.2) is 0 Å². The van der Waals surface area contributed by atoms with Crippen LogP contribution in [0.3, 0.4) is 0 Å². The van der Waals surface area contributed by atoms with Crippen molar-refractivity contribution in [3.8, 4) is 0 Å². The van der Waals surface area contributed by atoms with Crippen LogP contribution >= 0.6 is 0 Å². The highest BCUT2D eigenvalue weighted by Crippen LogP contribution is 2.23. The van der Waals surface area contributed by atoms with Crippen LogP contribution in [0.1, 0.15) is 39.0 Å². The van der Waals surface area contributed by atoms with Crippen LogP contribution in [0, 0.1) is 0 Å². The fourth-order valence-corrected chi connectivity index (χ4v) is 4.02. The summed E-state index contributed by atoms with van der Waals surface area (Å²) in [6.45, 7) is 10.5. The third kappa shape index (κ3) is 3.73. The van der Waals surface area contributed by atoms with Crippen molar-refractivity contribution >= 4 is 0 Å². The maximum absolute atomic E-state index is 6.07. The smallest absolute Gasteiger partial charge is 0.0600 e. The normalized spacial score (nSPS) is 34.0. The Balaban J connectivity index is 1.40. The highest BCUT2D eigenvalue weighted by Gasteiger charge is 2.32. The van der Waals surface area contributed by atoms with Crippen molar-refractivity contribution in [2.24, 2.45) is 0 Å². The quantitative estimate of drug-likeness (QED) is 0.841. The molecular formula is C16H31N3O. The molecule has 0 saturated carbocycles. The first kappa shape index (κ1) is 14.8. The minimum Gasteiger partial charge on any atom is -0.377 e. The number of piperidine rings is 2. The number of piperazine rings is 1. The summed E-state index contributed by atoms with van der Waals surface area (Å²) < 4.78 is 6.07. The molecule has 0 radical (unpaired) electrons. The predicted molar refractivity (Wildman–Crippen MR) is 82.1 cm³/mol. The predicted octanol–water partition coefficient (Wildman–Crippen LogP) is 1.31. The molecule has 116 valence electrons. The molecule has 3 aliphatic heterocycles. The van der Waals surface area contributed by atoms with Crippen molar-refractivity contribution in [2.75, 3.05) is 45.9 Å². The highest BCUT2D eigenvalue weighted by atomic mass is 16.5. The molecule has 0 aromatic rings. The Kier molecular flexibility index (Phi) is 5.32. The van der Waals surface area contributed by atoms with Crippen LogP contribution in [0.5, 0.6) is 0 Å². The zero-order valence-corrected chi connectivity index (χ0v) is 13.0. The van der Waals surface area contributed by atoms with Crippen molar-refractivity contribution in [1.82, 2.24) is 15.1 Å². The molecular weight excluding hydrogens is 250 g/mol. The molecule has 3 rings (SSSR count). The Hall–Kier alpha value is -0.160. The Labute approximate surface area is 123 Å². The number of nitrogens with zero attached hydrogens (tertiary/aromatic N) is 2. The van der Waals surface area contributed by atoms with Crippen LogP contribution in [0.2, 0.25) is 0 Å². The van der Waals surface area contributed by atoms with E-state index in [0.717, 1.165) is 32.3 Å². The molecule has 0 aromatic heterocycles. The maximum atomic E-state index is 6.07. The van der Waals surface area contributed by atoms with Gasteiger partial charge < -0.3 is 10.1 Å². The molecule has 0 bridgehead atoms. The van der Waals surface area contributed by atoms with Gasteiger partial charge in [0.1, 0.15) is 0 Å². The summed E-state index contributed by atoms with van der Waals surface area (Å²) in [6, 6.07) is 1.51. The van der Waals surface area contributed by atoms with Crippen molar-refractivity contribution in [3.63, 3.8) is 0 Å². The number of hydrogen-bond acceptors (Lipinski definition) is 4. The third-order valence-electron chi connectivity index (χ3n) is 5.33. The van der Waals surface area contributed by atoms with Gasteiger partial charge in [-0.05, 0) is 52.2 Å². The Morgan fingerprint density at radius 3 is 2.80 bits per heavy atom. The largest absolute Gasteiger partial charge is 0.377 e. The van der Waals surface area contributed by atoms with Crippen LogP contribution in [-0.4, -0.2) is 73.9 Å². The second-order valence-electron chi connectivity index (χ2n) is 6.81. The second-order valence-corrected chi connectivity index (χ2v) is 6.81. The lowest BCUT2D eigenvalue weighted by atomic mass is 9.97. The number of ether oxygens (including phenoxy) is 1. The summed E-state index contributed by atoms with van der Waals surface area (Å²) in [6.07, 6.45) is 7.11. The van der Waals surface area contributed by atoms with Gasteiger partial charge in [-0.15, -0.1) is 0 Å². The lowest BCUT2D eigenvalue weighted by molar-refractivity contribution is -0.0205.